The van der Waals surface area contributed by atoms with E-state index in [4.69, 9.17) is 16.3 Å². The number of halogens is 1. The molecule has 0 radical (unpaired) electrons. The van der Waals surface area contributed by atoms with Gasteiger partial charge in [0, 0.05) is 16.0 Å². The smallest absolute Gasteiger partial charge is 0.268 e. The Morgan fingerprint density at radius 2 is 1.96 bits per heavy atom. The number of anilines is 1. The number of hydrogen-bond donors (Lipinski definition) is 1. The maximum absolute atomic E-state index is 12.8. The van der Waals surface area contributed by atoms with Crippen molar-refractivity contribution in [1.82, 2.24) is 14.6 Å². The van der Waals surface area contributed by atoms with Crippen molar-refractivity contribution < 1.29 is 13.2 Å². The highest BCUT2D eigenvalue weighted by Gasteiger charge is 2.23. The van der Waals surface area contributed by atoms with Crippen LogP contribution in [-0.2, 0) is 10.0 Å². The first-order chi connectivity index (χ1) is 13.0. The summed E-state index contributed by atoms with van der Waals surface area (Å²) >= 11 is 7.31. The van der Waals surface area contributed by atoms with Crippen LogP contribution in [0.4, 0.5) is 5.95 Å². The summed E-state index contributed by atoms with van der Waals surface area (Å²) < 4.78 is 34.6. The lowest BCUT2D eigenvalue weighted by Gasteiger charge is -2.09. The molecular weight excluding hydrogens is 408 g/mol. The molecule has 0 unspecified atom stereocenters. The van der Waals surface area contributed by atoms with Gasteiger partial charge in [0.05, 0.1) is 12.8 Å². The molecule has 4 aromatic rings. The largest absolute Gasteiger partial charge is 0.495 e. The molecule has 27 heavy (non-hydrogen) atoms. The first kappa shape index (κ1) is 17.8. The zero-order chi connectivity index (χ0) is 19.0. The van der Waals surface area contributed by atoms with Crippen molar-refractivity contribution in [2.45, 2.75) is 4.90 Å². The molecule has 0 saturated heterocycles. The molecule has 7 nitrogen and oxygen atoms in total. The fourth-order valence-corrected chi connectivity index (χ4v) is 4.77. The van der Waals surface area contributed by atoms with Crippen LogP contribution in [0.25, 0.3) is 16.2 Å². The fourth-order valence-electron chi connectivity index (χ4n) is 2.57. The van der Waals surface area contributed by atoms with Crippen LogP contribution >= 0.6 is 22.9 Å². The lowest BCUT2D eigenvalue weighted by atomic mass is 10.2. The van der Waals surface area contributed by atoms with Gasteiger partial charge in [0.25, 0.3) is 16.0 Å². The fraction of sp³-hybridized carbons (Fsp3) is 0.0588. The Balaban J connectivity index is 1.72. The topological polar surface area (TPSA) is 85.6 Å². The Morgan fingerprint density at radius 3 is 2.70 bits per heavy atom. The summed E-state index contributed by atoms with van der Waals surface area (Å²) in [5, 5.41) is 6.49. The van der Waals surface area contributed by atoms with Crippen molar-refractivity contribution in [3.05, 3.63) is 58.9 Å². The first-order valence-corrected chi connectivity index (χ1v) is 10.5. The number of ether oxygens (including phenoxy) is 1. The Morgan fingerprint density at radius 1 is 1.19 bits per heavy atom. The van der Waals surface area contributed by atoms with Crippen LogP contribution in [0.3, 0.4) is 0 Å². The second-order valence-electron chi connectivity index (χ2n) is 5.52. The number of thiazole rings is 1. The van der Waals surface area contributed by atoms with Crippen molar-refractivity contribution in [3.8, 4) is 17.0 Å². The Bertz CT molecular complexity index is 1220. The van der Waals surface area contributed by atoms with Gasteiger partial charge < -0.3 is 4.74 Å². The van der Waals surface area contributed by atoms with E-state index in [0.717, 1.165) is 11.3 Å². The summed E-state index contributed by atoms with van der Waals surface area (Å²) in [5.74, 6) is 0.152. The van der Waals surface area contributed by atoms with E-state index in [2.05, 4.69) is 14.8 Å². The average molecular weight is 421 g/mol. The molecular formula is C17H13ClN4O3S2. The Labute approximate surface area is 164 Å². The van der Waals surface area contributed by atoms with Gasteiger partial charge in [0.1, 0.15) is 10.6 Å². The second-order valence-corrected chi connectivity index (χ2v) is 8.44. The van der Waals surface area contributed by atoms with Crippen molar-refractivity contribution >= 4 is 43.9 Å². The SMILES string of the molecule is COc1ccc(Cl)cc1S(=O)(=O)Nc1nc2scc(-c3ccccc3)n2n1. The molecule has 0 saturated carbocycles. The molecule has 0 fully saturated rings. The van der Waals surface area contributed by atoms with E-state index < -0.39 is 10.0 Å². The molecule has 0 bridgehead atoms. The Hall–Kier alpha value is -2.62. The van der Waals surface area contributed by atoms with E-state index in [1.54, 1.807) is 10.6 Å². The molecule has 0 amide bonds. The van der Waals surface area contributed by atoms with Gasteiger partial charge in [-0.15, -0.1) is 16.4 Å². The minimum absolute atomic E-state index is 0.0268. The number of aromatic nitrogens is 3. The number of sulfonamides is 1. The molecule has 4 rings (SSSR count). The van der Waals surface area contributed by atoms with Crippen LogP contribution in [0.15, 0.2) is 58.8 Å². The Kier molecular flexibility index (Phi) is 4.50. The third-order valence-electron chi connectivity index (χ3n) is 3.79. The van der Waals surface area contributed by atoms with Crippen LogP contribution in [0.1, 0.15) is 0 Å². The molecule has 1 N–H and O–H groups in total. The highest BCUT2D eigenvalue weighted by Crippen LogP contribution is 2.29. The first-order valence-electron chi connectivity index (χ1n) is 7.74. The quantitative estimate of drug-likeness (QED) is 0.528. The van der Waals surface area contributed by atoms with Gasteiger partial charge in [-0.25, -0.2) is 17.7 Å². The van der Waals surface area contributed by atoms with E-state index in [1.165, 1.54) is 30.6 Å². The van der Waals surface area contributed by atoms with Crippen LogP contribution in [0.5, 0.6) is 5.75 Å². The summed E-state index contributed by atoms with van der Waals surface area (Å²) in [6.07, 6.45) is 0. The zero-order valence-electron chi connectivity index (χ0n) is 14.0. The van der Waals surface area contributed by atoms with Gasteiger partial charge in [-0.05, 0) is 18.2 Å². The normalized spacial score (nSPS) is 11.6. The molecule has 0 aliphatic heterocycles. The predicted molar refractivity (Wildman–Crippen MR) is 105 cm³/mol. The maximum atomic E-state index is 12.8. The zero-order valence-corrected chi connectivity index (χ0v) is 16.3. The molecule has 0 aliphatic rings. The number of nitrogens with one attached hydrogen (secondary N) is 1. The van der Waals surface area contributed by atoms with E-state index in [1.807, 2.05) is 35.7 Å². The lowest BCUT2D eigenvalue weighted by Crippen LogP contribution is -2.15. The summed E-state index contributed by atoms with van der Waals surface area (Å²) in [6.45, 7) is 0. The van der Waals surface area contributed by atoms with Crippen molar-refractivity contribution in [2.75, 3.05) is 11.8 Å². The minimum Gasteiger partial charge on any atom is -0.495 e. The maximum Gasteiger partial charge on any atom is 0.268 e. The van der Waals surface area contributed by atoms with Gasteiger partial charge in [0.15, 0.2) is 0 Å². The van der Waals surface area contributed by atoms with Crippen molar-refractivity contribution in [2.24, 2.45) is 0 Å². The summed E-state index contributed by atoms with van der Waals surface area (Å²) in [6, 6.07) is 14.0. The molecule has 2 aromatic carbocycles. The molecule has 10 heteroatoms. The van der Waals surface area contributed by atoms with E-state index >= 15 is 0 Å². The van der Waals surface area contributed by atoms with Gasteiger partial charge in [-0.1, -0.05) is 41.9 Å². The van der Waals surface area contributed by atoms with Gasteiger partial charge in [-0.2, -0.15) is 4.98 Å². The number of rotatable bonds is 5. The second kappa shape index (κ2) is 6.84. The van der Waals surface area contributed by atoms with E-state index in [9.17, 15) is 8.42 Å². The third kappa shape index (κ3) is 3.36. The molecule has 2 heterocycles. The highest BCUT2D eigenvalue weighted by molar-refractivity contribution is 7.92. The number of methoxy groups -OCH3 is 1. The van der Waals surface area contributed by atoms with E-state index in [-0.39, 0.29) is 21.6 Å². The standard InChI is InChI=1S/C17H13ClN4O3S2/c1-25-14-8-7-12(18)9-15(14)27(23,24)21-16-19-17-22(20-16)13(10-26-17)11-5-3-2-4-6-11/h2-10H,1H3,(H,20,21). The molecule has 0 atom stereocenters. The summed E-state index contributed by atoms with van der Waals surface area (Å²) in [4.78, 5) is 4.74. The average Bonchev–Trinajstić information content (AvgIpc) is 3.22. The monoisotopic (exact) mass is 420 g/mol. The van der Waals surface area contributed by atoms with Crippen LogP contribution in [0.2, 0.25) is 5.02 Å². The predicted octanol–water partition coefficient (Wildman–Crippen LogP) is 3.92. The van der Waals surface area contributed by atoms with Gasteiger partial charge in [-0.3, -0.25) is 0 Å². The minimum atomic E-state index is -3.97. The molecule has 2 aromatic heterocycles. The van der Waals surface area contributed by atoms with Crippen molar-refractivity contribution in [3.63, 3.8) is 0 Å². The van der Waals surface area contributed by atoms with Crippen LogP contribution in [0, 0.1) is 0 Å². The van der Waals surface area contributed by atoms with E-state index in [0.29, 0.717) is 4.96 Å². The van der Waals surface area contributed by atoms with Gasteiger partial charge in [0.2, 0.25) is 4.96 Å². The third-order valence-corrected chi connectivity index (χ3v) is 6.19. The molecule has 0 spiro atoms. The van der Waals surface area contributed by atoms with Crippen molar-refractivity contribution in [1.29, 1.82) is 0 Å². The number of fused-ring (bicyclic) bond motifs is 1. The molecule has 138 valence electrons. The summed E-state index contributed by atoms with van der Waals surface area (Å²) in [5.41, 5.74) is 1.79. The highest BCUT2D eigenvalue weighted by atomic mass is 35.5. The number of nitrogens with zero attached hydrogens (tertiary/aromatic N) is 3. The number of hydrogen-bond acceptors (Lipinski definition) is 6. The number of benzene rings is 2. The lowest BCUT2D eigenvalue weighted by molar-refractivity contribution is 0.403. The van der Waals surface area contributed by atoms with Crippen LogP contribution < -0.4 is 9.46 Å². The summed E-state index contributed by atoms with van der Waals surface area (Å²) in [7, 11) is -2.59. The van der Waals surface area contributed by atoms with Crippen LogP contribution in [-0.4, -0.2) is 30.1 Å². The molecule has 0 aliphatic carbocycles. The van der Waals surface area contributed by atoms with Gasteiger partial charge >= 0.3 is 0 Å².